The first kappa shape index (κ1) is 19.7. The molecule has 8 nitrogen and oxygen atoms in total. The zero-order chi connectivity index (χ0) is 19.9. The summed E-state index contributed by atoms with van der Waals surface area (Å²) in [6.07, 6.45) is 1.61. The monoisotopic (exact) mass is 399 g/mol. The minimum atomic E-state index is -0.536. The molecule has 0 spiro atoms. The SMILES string of the molecule is CCNC(=O)NC(=O)[C@@H](C)Sc1nnc(-c2ccccc2)n1Cc1ccco1. The van der Waals surface area contributed by atoms with E-state index in [2.05, 4.69) is 20.8 Å². The standard InChI is InChI=1S/C19H21N5O3S/c1-3-20-18(26)21-17(25)13(2)28-19-23-22-16(14-8-5-4-6-9-14)24(19)12-15-10-7-11-27-15/h4-11,13H,3,12H2,1-2H3,(H2,20,21,25,26)/t13-/m1/s1. The van der Waals surface area contributed by atoms with Crippen molar-refractivity contribution in [2.45, 2.75) is 30.8 Å². The van der Waals surface area contributed by atoms with Crippen LogP contribution in [0.3, 0.4) is 0 Å². The summed E-state index contributed by atoms with van der Waals surface area (Å²) in [5.74, 6) is 1.03. The Labute approximate surface area is 166 Å². The number of carbonyl (C=O) groups is 2. The lowest BCUT2D eigenvalue weighted by atomic mass is 10.2. The van der Waals surface area contributed by atoms with E-state index < -0.39 is 17.2 Å². The lowest BCUT2D eigenvalue weighted by Gasteiger charge is -2.13. The summed E-state index contributed by atoms with van der Waals surface area (Å²) in [7, 11) is 0. The number of imide groups is 1. The van der Waals surface area contributed by atoms with Gasteiger partial charge in [0.1, 0.15) is 5.76 Å². The molecule has 3 aromatic rings. The quantitative estimate of drug-likeness (QED) is 0.592. The van der Waals surface area contributed by atoms with Gasteiger partial charge in [-0.2, -0.15) is 0 Å². The molecule has 0 aliphatic carbocycles. The first-order valence-corrected chi connectivity index (χ1v) is 9.72. The topological polar surface area (TPSA) is 102 Å². The maximum Gasteiger partial charge on any atom is 0.321 e. The number of amides is 3. The van der Waals surface area contributed by atoms with Gasteiger partial charge in [-0.05, 0) is 26.0 Å². The molecule has 0 aliphatic rings. The van der Waals surface area contributed by atoms with E-state index in [1.807, 2.05) is 47.0 Å². The maximum absolute atomic E-state index is 12.3. The first-order chi connectivity index (χ1) is 13.6. The highest BCUT2D eigenvalue weighted by molar-refractivity contribution is 8.00. The van der Waals surface area contributed by atoms with E-state index in [0.29, 0.717) is 24.1 Å². The van der Waals surface area contributed by atoms with E-state index in [1.54, 1.807) is 20.1 Å². The normalized spacial score (nSPS) is 11.8. The number of urea groups is 1. The summed E-state index contributed by atoms with van der Waals surface area (Å²) in [4.78, 5) is 23.8. The van der Waals surface area contributed by atoms with Gasteiger partial charge in [-0.3, -0.25) is 14.7 Å². The van der Waals surface area contributed by atoms with Crippen molar-refractivity contribution in [2.75, 3.05) is 6.54 Å². The fraction of sp³-hybridized carbons (Fsp3) is 0.263. The molecule has 0 unspecified atom stereocenters. The van der Waals surface area contributed by atoms with Gasteiger partial charge < -0.3 is 9.73 Å². The van der Waals surface area contributed by atoms with E-state index in [1.165, 1.54) is 11.8 Å². The van der Waals surface area contributed by atoms with E-state index in [4.69, 9.17) is 4.42 Å². The molecule has 0 saturated carbocycles. The van der Waals surface area contributed by atoms with Gasteiger partial charge in [-0.25, -0.2) is 4.79 Å². The van der Waals surface area contributed by atoms with Gasteiger partial charge in [0, 0.05) is 12.1 Å². The summed E-state index contributed by atoms with van der Waals surface area (Å²) in [5.41, 5.74) is 0.910. The highest BCUT2D eigenvalue weighted by atomic mass is 32.2. The van der Waals surface area contributed by atoms with Crippen LogP contribution in [0, 0.1) is 0 Å². The fourth-order valence-corrected chi connectivity index (χ4v) is 3.36. The lowest BCUT2D eigenvalue weighted by molar-refractivity contribution is -0.119. The van der Waals surface area contributed by atoms with E-state index >= 15 is 0 Å². The number of hydrogen-bond acceptors (Lipinski definition) is 6. The van der Waals surface area contributed by atoms with Gasteiger partial charge in [0.2, 0.25) is 5.91 Å². The van der Waals surface area contributed by atoms with E-state index in [9.17, 15) is 9.59 Å². The van der Waals surface area contributed by atoms with Gasteiger partial charge in [0.15, 0.2) is 11.0 Å². The second-order valence-corrected chi connectivity index (χ2v) is 7.25. The predicted octanol–water partition coefficient (Wildman–Crippen LogP) is 2.91. The Morgan fingerprint density at radius 2 is 1.96 bits per heavy atom. The number of nitrogens with one attached hydrogen (secondary N) is 2. The molecule has 2 heterocycles. The van der Waals surface area contributed by atoms with Crippen LogP contribution in [0.1, 0.15) is 19.6 Å². The van der Waals surface area contributed by atoms with E-state index in [-0.39, 0.29) is 0 Å². The number of thioether (sulfide) groups is 1. The minimum absolute atomic E-state index is 0.398. The molecule has 1 aromatic carbocycles. The molecular formula is C19H21N5O3S. The van der Waals surface area contributed by atoms with Crippen molar-refractivity contribution in [3.8, 4) is 11.4 Å². The molecule has 0 saturated heterocycles. The number of nitrogens with zero attached hydrogens (tertiary/aromatic N) is 3. The van der Waals surface area contributed by atoms with Crippen molar-refractivity contribution < 1.29 is 14.0 Å². The van der Waals surface area contributed by atoms with Crippen LogP contribution in [0.2, 0.25) is 0 Å². The summed E-state index contributed by atoms with van der Waals surface area (Å²) < 4.78 is 7.36. The third kappa shape index (κ3) is 4.80. The fourth-order valence-electron chi connectivity index (χ4n) is 2.51. The average molecular weight is 399 g/mol. The minimum Gasteiger partial charge on any atom is -0.467 e. The lowest BCUT2D eigenvalue weighted by Crippen LogP contribution is -2.42. The van der Waals surface area contributed by atoms with Gasteiger partial charge in [-0.1, -0.05) is 42.1 Å². The Balaban J connectivity index is 1.83. The molecule has 0 radical (unpaired) electrons. The second kappa shape index (κ2) is 9.23. The van der Waals surface area contributed by atoms with Gasteiger partial charge in [-0.15, -0.1) is 10.2 Å². The van der Waals surface area contributed by atoms with Crippen molar-refractivity contribution in [1.29, 1.82) is 0 Å². The largest absolute Gasteiger partial charge is 0.467 e. The van der Waals surface area contributed by atoms with Crippen molar-refractivity contribution >= 4 is 23.7 Å². The van der Waals surface area contributed by atoms with Crippen molar-refractivity contribution in [1.82, 2.24) is 25.4 Å². The van der Waals surface area contributed by atoms with Crippen LogP contribution in [0.15, 0.2) is 58.3 Å². The maximum atomic E-state index is 12.3. The van der Waals surface area contributed by atoms with Crippen LogP contribution in [0.5, 0.6) is 0 Å². The van der Waals surface area contributed by atoms with Crippen LogP contribution in [-0.4, -0.2) is 38.5 Å². The third-order valence-corrected chi connectivity index (χ3v) is 4.95. The summed E-state index contributed by atoms with van der Waals surface area (Å²) in [6.45, 7) is 4.37. The number of furan rings is 1. The number of benzene rings is 1. The second-order valence-electron chi connectivity index (χ2n) is 5.95. The number of carbonyl (C=O) groups excluding carboxylic acids is 2. The summed E-state index contributed by atoms with van der Waals surface area (Å²) in [5, 5.41) is 13.5. The Bertz CT molecular complexity index is 924. The number of aromatic nitrogens is 3. The molecule has 2 aromatic heterocycles. The molecule has 1 atom stereocenters. The van der Waals surface area contributed by atoms with Gasteiger partial charge in [0.05, 0.1) is 18.1 Å². The van der Waals surface area contributed by atoms with Crippen LogP contribution in [0.4, 0.5) is 4.79 Å². The highest BCUT2D eigenvalue weighted by Crippen LogP contribution is 2.27. The number of hydrogen-bond donors (Lipinski definition) is 2. The summed E-state index contributed by atoms with van der Waals surface area (Å²) in [6, 6.07) is 12.9. The molecular weight excluding hydrogens is 378 g/mol. The zero-order valence-electron chi connectivity index (χ0n) is 15.6. The molecule has 3 amide bonds. The van der Waals surface area contributed by atoms with Crippen molar-refractivity contribution in [3.05, 3.63) is 54.5 Å². The zero-order valence-corrected chi connectivity index (χ0v) is 16.4. The van der Waals surface area contributed by atoms with E-state index in [0.717, 1.165) is 11.3 Å². The molecule has 0 aliphatic heterocycles. The average Bonchev–Trinajstić information content (AvgIpc) is 3.33. The van der Waals surface area contributed by atoms with Gasteiger partial charge in [0.25, 0.3) is 0 Å². The molecule has 146 valence electrons. The Morgan fingerprint density at radius 1 is 1.18 bits per heavy atom. The van der Waals surface area contributed by atoms with Crippen molar-refractivity contribution in [3.63, 3.8) is 0 Å². The molecule has 3 rings (SSSR count). The summed E-state index contributed by atoms with van der Waals surface area (Å²) >= 11 is 1.23. The van der Waals surface area contributed by atoms with Crippen molar-refractivity contribution in [2.24, 2.45) is 0 Å². The molecule has 28 heavy (non-hydrogen) atoms. The third-order valence-electron chi connectivity index (χ3n) is 3.87. The molecule has 9 heteroatoms. The highest BCUT2D eigenvalue weighted by Gasteiger charge is 2.22. The Hall–Kier alpha value is -3.07. The Kier molecular flexibility index (Phi) is 6.49. The first-order valence-electron chi connectivity index (χ1n) is 8.84. The van der Waals surface area contributed by atoms with Crippen LogP contribution < -0.4 is 10.6 Å². The molecule has 0 fully saturated rings. The smallest absolute Gasteiger partial charge is 0.321 e. The van der Waals surface area contributed by atoms with Crippen LogP contribution in [0.25, 0.3) is 11.4 Å². The predicted molar refractivity (Wildman–Crippen MR) is 106 cm³/mol. The van der Waals surface area contributed by atoms with Gasteiger partial charge >= 0.3 is 6.03 Å². The van der Waals surface area contributed by atoms with Crippen LogP contribution >= 0.6 is 11.8 Å². The molecule has 2 N–H and O–H groups in total. The number of rotatable bonds is 7. The molecule has 0 bridgehead atoms. The Morgan fingerprint density at radius 3 is 2.64 bits per heavy atom. The van der Waals surface area contributed by atoms with Crippen LogP contribution in [-0.2, 0) is 11.3 Å².